The Labute approximate surface area is 184 Å². The second-order valence-electron chi connectivity index (χ2n) is 6.97. The van der Waals surface area contributed by atoms with Crippen LogP contribution in [0.4, 0.5) is 0 Å². The highest BCUT2D eigenvalue weighted by Crippen LogP contribution is 2.16. The minimum Gasteiger partial charge on any atom is -0.334 e. The molecule has 1 amide bonds. The lowest BCUT2D eigenvalue weighted by Crippen LogP contribution is -2.32. The van der Waals surface area contributed by atoms with E-state index >= 15 is 0 Å². The maximum Gasteiger partial charge on any atom is 0.257 e. The van der Waals surface area contributed by atoms with Gasteiger partial charge in [0.05, 0.1) is 17.4 Å². The first kappa shape index (κ1) is 20.0. The molecule has 2 aromatic heterocycles. The van der Waals surface area contributed by atoms with Crippen LogP contribution in [-0.4, -0.2) is 32.1 Å². The van der Waals surface area contributed by atoms with Crippen LogP contribution in [0.3, 0.4) is 0 Å². The Morgan fingerprint density at radius 1 is 0.933 bits per heavy atom. The maximum atomic E-state index is 13.3. The van der Waals surface area contributed by atoms with Gasteiger partial charge in [0.15, 0.2) is 0 Å². The van der Waals surface area contributed by atoms with Crippen LogP contribution in [0.15, 0.2) is 96.0 Å². The summed E-state index contributed by atoms with van der Waals surface area (Å²) in [5, 5.41) is 4.39. The quantitative estimate of drug-likeness (QED) is 0.393. The number of carbonyl (C=O) groups is 1. The Hall–Kier alpha value is -3.25. The molecule has 2 aromatic carbocycles. The minimum absolute atomic E-state index is 0.0434. The summed E-state index contributed by atoms with van der Waals surface area (Å²) in [5.41, 5.74) is 3.67. The van der Waals surface area contributed by atoms with Crippen LogP contribution >= 0.6 is 15.9 Å². The van der Waals surface area contributed by atoms with Crippen LogP contribution in [-0.2, 0) is 13.0 Å². The smallest absolute Gasteiger partial charge is 0.257 e. The number of rotatable bonds is 7. The fourth-order valence-corrected chi connectivity index (χ4v) is 3.49. The molecule has 0 radical (unpaired) electrons. The van der Waals surface area contributed by atoms with Crippen molar-refractivity contribution in [3.63, 3.8) is 0 Å². The second-order valence-corrected chi connectivity index (χ2v) is 7.89. The summed E-state index contributed by atoms with van der Waals surface area (Å²) < 4.78 is 2.72. The standard InChI is InChI=1S/C24H21BrN4O/c25-22-8-10-23(11-9-22)29-18-21(16-27-29)24(30)28(17-20-7-4-13-26-15-20)14-12-19-5-2-1-3-6-19/h1-11,13,15-16,18H,12,14,17H2. The van der Waals surface area contributed by atoms with Crippen LogP contribution < -0.4 is 0 Å². The molecule has 2 heterocycles. The van der Waals surface area contributed by atoms with Gasteiger partial charge in [0.1, 0.15) is 0 Å². The Morgan fingerprint density at radius 2 is 1.70 bits per heavy atom. The molecule has 6 heteroatoms. The van der Waals surface area contributed by atoms with Crippen LogP contribution in [0, 0.1) is 0 Å². The van der Waals surface area contributed by atoms with Crippen molar-refractivity contribution in [2.24, 2.45) is 0 Å². The molecule has 30 heavy (non-hydrogen) atoms. The van der Waals surface area contributed by atoms with E-state index in [4.69, 9.17) is 0 Å². The fraction of sp³-hybridized carbons (Fsp3) is 0.125. The molecule has 0 spiro atoms. The molecule has 0 saturated heterocycles. The van der Waals surface area contributed by atoms with E-state index in [2.05, 4.69) is 38.1 Å². The first-order chi connectivity index (χ1) is 14.7. The molecule has 150 valence electrons. The predicted octanol–water partition coefficient (Wildman–Crippen LogP) is 4.91. The van der Waals surface area contributed by atoms with E-state index in [0.29, 0.717) is 18.7 Å². The van der Waals surface area contributed by atoms with E-state index in [0.717, 1.165) is 22.1 Å². The minimum atomic E-state index is -0.0434. The first-order valence-corrected chi connectivity index (χ1v) is 10.5. The summed E-state index contributed by atoms with van der Waals surface area (Å²) in [7, 11) is 0. The zero-order valence-electron chi connectivity index (χ0n) is 16.4. The van der Waals surface area contributed by atoms with Crippen molar-refractivity contribution in [3.8, 4) is 5.69 Å². The summed E-state index contributed by atoms with van der Waals surface area (Å²) in [6, 6.07) is 21.9. The Bertz CT molecular complexity index is 1100. The van der Waals surface area contributed by atoms with Gasteiger partial charge in [0.25, 0.3) is 5.91 Å². The highest BCUT2D eigenvalue weighted by Gasteiger charge is 2.18. The first-order valence-electron chi connectivity index (χ1n) is 9.72. The molecule has 0 aliphatic carbocycles. The third kappa shape index (κ3) is 5.02. The molecule has 5 nitrogen and oxygen atoms in total. The van der Waals surface area contributed by atoms with Gasteiger partial charge in [0.2, 0.25) is 0 Å². The highest BCUT2D eigenvalue weighted by molar-refractivity contribution is 9.10. The summed E-state index contributed by atoms with van der Waals surface area (Å²) in [4.78, 5) is 19.3. The zero-order valence-corrected chi connectivity index (χ0v) is 17.9. The maximum absolute atomic E-state index is 13.3. The summed E-state index contributed by atoms with van der Waals surface area (Å²) in [5.74, 6) is -0.0434. The van der Waals surface area contributed by atoms with Crippen LogP contribution in [0.5, 0.6) is 0 Å². The zero-order chi connectivity index (χ0) is 20.8. The van der Waals surface area contributed by atoms with Crippen LogP contribution in [0.25, 0.3) is 5.69 Å². The molecule has 0 atom stereocenters. The number of nitrogens with zero attached hydrogens (tertiary/aromatic N) is 4. The third-order valence-corrected chi connectivity index (χ3v) is 5.35. The van der Waals surface area contributed by atoms with Gasteiger partial charge in [-0.3, -0.25) is 9.78 Å². The van der Waals surface area contributed by atoms with Gasteiger partial charge in [0, 0.05) is 36.2 Å². The average Bonchev–Trinajstić information content (AvgIpc) is 3.28. The molecule has 0 N–H and O–H groups in total. The van der Waals surface area contributed by atoms with E-state index in [1.54, 1.807) is 29.5 Å². The third-order valence-electron chi connectivity index (χ3n) is 4.82. The van der Waals surface area contributed by atoms with Crippen molar-refractivity contribution in [1.29, 1.82) is 0 Å². The normalized spacial score (nSPS) is 10.7. The molecule has 0 saturated carbocycles. The van der Waals surface area contributed by atoms with E-state index in [-0.39, 0.29) is 5.91 Å². The fourth-order valence-electron chi connectivity index (χ4n) is 3.22. The van der Waals surface area contributed by atoms with Crippen molar-refractivity contribution in [3.05, 3.63) is 113 Å². The SMILES string of the molecule is O=C(c1cnn(-c2ccc(Br)cc2)c1)N(CCc1ccccc1)Cc1cccnc1. The lowest BCUT2D eigenvalue weighted by atomic mass is 10.1. The summed E-state index contributed by atoms with van der Waals surface area (Å²) in [6.07, 6.45) is 7.73. The van der Waals surface area contributed by atoms with Gasteiger partial charge in [-0.25, -0.2) is 4.68 Å². The molecule has 0 unspecified atom stereocenters. The molecule has 4 aromatic rings. The van der Waals surface area contributed by atoms with E-state index in [9.17, 15) is 4.79 Å². The molecule has 4 rings (SSSR count). The monoisotopic (exact) mass is 460 g/mol. The molecule has 0 aliphatic rings. The van der Waals surface area contributed by atoms with Gasteiger partial charge < -0.3 is 4.90 Å². The van der Waals surface area contributed by atoms with Crippen molar-refractivity contribution in [2.45, 2.75) is 13.0 Å². The van der Waals surface area contributed by atoms with Crippen molar-refractivity contribution < 1.29 is 4.79 Å². The van der Waals surface area contributed by atoms with Gasteiger partial charge >= 0.3 is 0 Å². The number of carbonyl (C=O) groups excluding carboxylic acids is 1. The van der Waals surface area contributed by atoms with E-state index < -0.39 is 0 Å². The van der Waals surface area contributed by atoms with E-state index in [1.807, 2.05) is 59.5 Å². The number of amides is 1. The molecular weight excluding hydrogens is 440 g/mol. The number of aromatic nitrogens is 3. The Morgan fingerprint density at radius 3 is 2.43 bits per heavy atom. The number of hydrogen-bond acceptors (Lipinski definition) is 3. The van der Waals surface area contributed by atoms with Crippen LogP contribution in [0.1, 0.15) is 21.5 Å². The van der Waals surface area contributed by atoms with Gasteiger partial charge in [-0.05, 0) is 47.9 Å². The topological polar surface area (TPSA) is 51.0 Å². The van der Waals surface area contributed by atoms with E-state index in [1.165, 1.54) is 5.56 Å². The number of benzene rings is 2. The summed E-state index contributed by atoms with van der Waals surface area (Å²) >= 11 is 3.44. The molecule has 0 fully saturated rings. The highest BCUT2D eigenvalue weighted by atomic mass is 79.9. The number of halogens is 1. The summed E-state index contributed by atoms with van der Waals surface area (Å²) in [6.45, 7) is 1.12. The molecule has 0 bridgehead atoms. The van der Waals surface area contributed by atoms with Gasteiger partial charge in [-0.2, -0.15) is 5.10 Å². The van der Waals surface area contributed by atoms with Gasteiger partial charge in [-0.1, -0.05) is 52.3 Å². The Kier molecular flexibility index (Phi) is 6.35. The number of hydrogen-bond donors (Lipinski definition) is 0. The lowest BCUT2D eigenvalue weighted by Gasteiger charge is -2.22. The van der Waals surface area contributed by atoms with Crippen molar-refractivity contribution in [2.75, 3.05) is 6.54 Å². The van der Waals surface area contributed by atoms with Gasteiger partial charge in [-0.15, -0.1) is 0 Å². The predicted molar refractivity (Wildman–Crippen MR) is 120 cm³/mol. The van der Waals surface area contributed by atoms with Crippen LogP contribution in [0.2, 0.25) is 0 Å². The largest absolute Gasteiger partial charge is 0.334 e. The average molecular weight is 461 g/mol. The molecular formula is C24H21BrN4O. The Balaban J connectivity index is 1.54. The lowest BCUT2D eigenvalue weighted by molar-refractivity contribution is 0.0745. The van der Waals surface area contributed by atoms with Crippen molar-refractivity contribution >= 4 is 21.8 Å². The second kappa shape index (κ2) is 9.50. The van der Waals surface area contributed by atoms with Crippen molar-refractivity contribution in [1.82, 2.24) is 19.7 Å². The number of pyridine rings is 1. The molecule has 0 aliphatic heterocycles.